The topological polar surface area (TPSA) is 58.1 Å². The van der Waals surface area contributed by atoms with Crippen LogP contribution in [0.1, 0.15) is 23.3 Å². The van der Waals surface area contributed by atoms with E-state index in [9.17, 15) is 0 Å². The first-order valence-corrected chi connectivity index (χ1v) is 10.9. The fourth-order valence-corrected chi connectivity index (χ4v) is 3.54. The maximum Gasteiger partial charge on any atom is 0.191 e. The second-order valence-electron chi connectivity index (χ2n) is 7.02. The van der Waals surface area contributed by atoms with E-state index in [-0.39, 0.29) is 0 Å². The molecule has 2 aromatic rings. The molecular weight excluding hydrogens is 384 g/mol. The van der Waals surface area contributed by atoms with E-state index in [0.29, 0.717) is 19.1 Å². The zero-order chi connectivity index (χ0) is 20.9. The molecule has 7 heteroatoms. The van der Waals surface area contributed by atoms with E-state index < -0.39 is 0 Å². The molecule has 1 aromatic heterocycles. The zero-order valence-electron chi connectivity index (χ0n) is 18.0. The van der Waals surface area contributed by atoms with Gasteiger partial charge >= 0.3 is 0 Å². The monoisotopic (exact) mass is 418 g/mol. The predicted molar refractivity (Wildman–Crippen MR) is 122 cm³/mol. The highest BCUT2D eigenvalue weighted by Gasteiger charge is 2.07. The van der Waals surface area contributed by atoms with Gasteiger partial charge in [0.15, 0.2) is 5.96 Å². The number of rotatable bonds is 12. The number of hydrogen-bond donors (Lipinski definition) is 2. The van der Waals surface area contributed by atoms with Crippen LogP contribution in [0.25, 0.3) is 0 Å². The third kappa shape index (κ3) is 8.85. The van der Waals surface area contributed by atoms with Crippen molar-refractivity contribution in [2.24, 2.45) is 4.99 Å². The Morgan fingerprint density at radius 1 is 1.17 bits per heavy atom. The quantitative estimate of drug-likeness (QED) is 0.410. The number of likely N-dealkylation sites (N-methyl/N-ethyl adjacent to an activating group) is 1. The predicted octanol–water partition coefficient (Wildman–Crippen LogP) is 3.17. The number of nitrogens with one attached hydrogen (secondary N) is 2. The number of nitrogens with zero attached hydrogens (tertiary/aromatic N) is 2. The Balaban J connectivity index is 1.74. The number of methoxy groups -OCH3 is 1. The highest BCUT2D eigenvalue weighted by molar-refractivity contribution is 7.10. The SMILES string of the molecule is CN=C(NCc1cccc(OCCN(C)CCOC)c1)NCC(C)c1cccs1. The molecule has 0 aliphatic rings. The van der Waals surface area contributed by atoms with Crippen molar-refractivity contribution < 1.29 is 9.47 Å². The van der Waals surface area contributed by atoms with Gasteiger partial charge < -0.3 is 25.0 Å². The lowest BCUT2D eigenvalue weighted by atomic mass is 10.1. The minimum Gasteiger partial charge on any atom is -0.492 e. The highest BCUT2D eigenvalue weighted by Crippen LogP contribution is 2.19. The molecule has 29 heavy (non-hydrogen) atoms. The lowest BCUT2D eigenvalue weighted by Crippen LogP contribution is -2.38. The number of guanidine groups is 1. The molecule has 160 valence electrons. The van der Waals surface area contributed by atoms with Gasteiger partial charge in [-0.2, -0.15) is 0 Å². The molecule has 2 N–H and O–H groups in total. The third-order valence-electron chi connectivity index (χ3n) is 4.61. The van der Waals surface area contributed by atoms with Crippen LogP contribution in [0.4, 0.5) is 0 Å². The molecule has 1 aromatic carbocycles. The fourth-order valence-electron chi connectivity index (χ4n) is 2.75. The third-order valence-corrected chi connectivity index (χ3v) is 5.71. The van der Waals surface area contributed by atoms with Gasteiger partial charge in [0, 0.05) is 51.1 Å². The van der Waals surface area contributed by atoms with Crippen molar-refractivity contribution in [3.63, 3.8) is 0 Å². The van der Waals surface area contributed by atoms with Gasteiger partial charge in [-0.25, -0.2) is 0 Å². The lowest BCUT2D eigenvalue weighted by molar-refractivity contribution is 0.150. The van der Waals surface area contributed by atoms with E-state index in [0.717, 1.165) is 43.5 Å². The number of benzene rings is 1. The molecule has 0 saturated heterocycles. The van der Waals surface area contributed by atoms with E-state index in [1.807, 2.05) is 12.1 Å². The largest absolute Gasteiger partial charge is 0.492 e. The van der Waals surface area contributed by atoms with Crippen LogP contribution in [0, 0.1) is 0 Å². The van der Waals surface area contributed by atoms with Crippen LogP contribution in [0.5, 0.6) is 5.75 Å². The summed E-state index contributed by atoms with van der Waals surface area (Å²) < 4.78 is 11.0. The van der Waals surface area contributed by atoms with Crippen molar-refractivity contribution in [1.29, 1.82) is 0 Å². The molecule has 0 spiro atoms. The minimum absolute atomic E-state index is 0.451. The van der Waals surface area contributed by atoms with Gasteiger partial charge in [-0.15, -0.1) is 11.3 Å². The van der Waals surface area contributed by atoms with Crippen molar-refractivity contribution in [3.8, 4) is 5.75 Å². The summed E-state index contributed by atoms with van der Waals surface area (Å²) >= 11 is 1.79. The average molecular weight is 419 g/mol. The van der Waals surface area contributed by atoms with Crippen LogP contribution in [-0.4, -0.2) is 64.9 Å². The van der Waals surface area contributed by atoms with Crippen molar-refractivity contribution in [2.75, 3.05) is 54.1 Å². The molecule has 2 rings (SSSR count). The van der Waals surface area contributed by atoms with Crippen LogP contribution in [0.15, 0.2) is 46.8 Å². The number of ether oxygens (including phenoxy) is 2. The Morgan fingerprint density at radius 2 is 2.00 bits per heavy atom. The van der Waals surface area contributed by atoms with Gasteiger partial charge in [0.05, 0.1) is 6.61 Å². The molecule has 0 aliphatic carbocycles. The summed E-state index contributed by atoms with van der Waals surface area (Å²) in [5, 5.41) is 8.90. The van der Waals surface area contributed by atoms with Crippen molar-refractivity contribution in [1.82, 2.24) is 15.5 Å². The molecule has 0 bridgehead atoms. The van der Waals surface area contributed by atoms with Crippen LogP contribution in [0.2, 0.25) is 0 Å². The van der Waals surface area contributed by atoms with Crippen LogP contribution < -0.4 is 15.4 Å². The highest BCUT2D eigenvalue weighted by atomic mass is 32.1. The van der Waals surface area contributed by atoms with Gasteiger partial charge in [0.2, 0.25) is 0 Å². The Morgan fingerprint density at radius 3 is 2.72 bits per heavy atom. The second kappa shape index (κ2) is 13.2. The normalized spacial score (nSPS) is 12.8. The van der Waals surface area contributed by atoms with E-state index in [2.05, 4.69) is 64.1 Å². The average Bonchev–Trinajstić information content (AvgIpc) is 3.27. The Kier molecular flexibility index (Phi) is 10.5. The first-order chi connectivity index (χ1) is 14.1. The second-order valence-corrected chi connectivity index (χ2v) is 7.99. The minimum atomic E-state index is 0.451. The first-order valence-electron chi connectivity index (χ1n) is 9.99. The van der Waals surface area contributed by atoms with Gasteiger partial charge in [0.25, 0.3) is 0 Å². The van der Waals surface area contributed by atoms with Gasteiger partial charge in [-0.3, -0.25) is 4.99 Å². The summed E-state index contributed by atoms with van der Waals surface area (Å²) in [6.07, 6.45) is 0. The number of aliphatic imine (C=N–C) groups is 1. The van der Waals surface area contributed by atoms with Crippen molar-refractivity contribution in [2.45, 2.75) is 19.4 Å². The summed E-state index contributed by atoms with van der Waals surface area (Å²) in [6, 6.07) is 12.4. The summed E-state index contributed by atoms with van der Waals surface area (Å²) in [7, 11) is 5.59. The molecule has 0 fully saturated rings. The number of thiophene rings is 1. The smallest absolute Gasteiger partial charge is 0.191 e. The van der Waals surface area contributed by atoms with E-state index in [1.54, 1.807) is 25.5 Å². The Hall–Kier alpha value is -2.09. The molecule has 1 atom stereocenters. The zero-order valence-corrected chi connectivity index (χ0v) is 18.8. The molecule has 0 saturated carbocycles. The van der Waals surface area contributed by atoms with Gasteiger partial charge in [-0.05, 0) is 36.2 Å². The van der Waals surface area contributed by atoms with Crippen molar-refractivity contribution >= 4 is 17.3 Å². The first kappa shape index (κ1) is 23.2. The van der Waals surface area contributed by atoms with Crippen LogP contribution >= 0.6 is 11.3 Å². The van der Waals surface area contributed by atoms with Crippen LogP contribution in [0.3, 0.4) is 0 Å². The maximum atomic E-state index is 5.90. The summed E-state index contributed by atoms with van der Waals surface area (Å²) in [4.78, 5) is 7.90. The van der Waals surface area contributed by atoms with Gasteiger partial charge in [0.1, 0.15) is 12.4 Å². The molecule has 0 radical (unpaired) electrons. The van der Waals surface area contributed by atoms with Crippen molar-refractivity contribution in [3.05, 3.63) is 52.2 Å². The molecule has 6 nitrogen and oxygen atoms in total. The molecule has 0 amide bonds. The molecule has 1 heterocycles. The summed E-state index contributed by atoms with van der Waals surface area (Å²) in [6.45, 7) is 6.92. The van der Waals surface area contributed by atoms with Crippen LogP contribution in [-0.2, 0) is 11.3 Å². The molecular formula is C22H34N4O2S. The summed E-state index contributed by atoms with van der Waals surface area (Å²) in [5.41, 5.74) is 1.16. The standard InChI is InChI=1S/C22H34N4O2S/c1-18(21-9-6-14-29-21)16-24-22(23-2)25-17-19-7-5-8-20(15-19)28-13-11-26(3)10-12-27-4/h5-9,14-15,18H,10-13,16-17H2,1-4H3,(H2,23,24,25). The molecule has 1 unspecified atom stereocenters. The Bertz CT molecular complexity index is 721. The summed E-state index contributed by atoms with van der Waals surface area (Å²) in [5.74, 6) is 2.14. The van der Waals surface area contributed by atoms with E-state index in [4.69, 9.17) is 9.47 Å². The fraction of sp³-hybridized carbons (Fsp3) is 0.500. The number of hydrogen-bond acceptors (Lipinski definition) is 5. The van der Waals surface area contributed by atoms with E-state index in [1.165, 1.54) is 4.88 Å². The van der Waals surface area contributed by atoms with Gasteiger partial charge in [-0.1, -0.05) is 25.1 Å². The van der Waals surface area contributed by atoms with E-state index >= 15 is 0 Å². The molecule has 0 aliphatic heterocycles. The maximum absolute atomic E-state index is 5.90. The Labute approximate surface area is 178 Å². The lowest BCUT2D eigenvalue weighted by Gasteiger charge is -2.17.